The minimum Gasteiger partial charge on any atom is -0.0795 e. The van der Waals surface area contributed by atoms with Gasteiger partial charge in [0.05, 0.1) is 20.7 Å². The summed E-state index contributed by atoms with van der Waals surface area (Å²) in [6.07, 6.45) is 0. The van der Waals surface area contributed by atoms with E-state index in [9.17, 15) is 0 Å². The molecule has 0 saturated heterocycles. The summed E-state index contributed by atoms with van der Waals surface area (Å²) in [5, 5.41) is 2.07. The molecule has 0 atom stereocenters. The van der Waals surface area contributed by atoms with Crippen LogP contribution in [0.25, 0.3) is 0 Å². The zero-order valence-electron chi connectivity index (χ0n) is 8.72. The van der Waals surface area contributed by atoms with Crippen molar-refractivity contribution in [2.24, 2.45) is 0 Å². The SMILES string of the molecule is C=C[S+]1c2ccccc2Sc2ccccc21. The van der Waals surface area contributed by atoms with Crippen LogP contribution >= 0.6 is 11.8 Å². The molecule has 78 valence electrons. The van der Waals surface area contributed by atoms with Gasteiger partial charge in [-0.15, -0.1) is 0 Å². The third kappa shape index (κ3) is 1.49. The lowest BCUT2D eigenvalue weighted by atomic mass is 10.3. The first kappa shape index (κ1) is 10.1. The van der Waals surface area contributed by atoms with Crippen LogP contribution in [-0.4, -0.2) is 0 Å². The molecular formula is C14H11S2+. The molecule has 0 radical (unpaired) electrons. The fraction of sp³-hybridized carbons (Fsp3) is 0. The normalized spacial score (nSPS) is 14.0. The molecule has 0 saturated carbocycles. The molecule has 0 aromatic heterocycles. The summed E-state index contributed by atoms with van der Waals surface area (Å²) in [6, 6.07) is 17.2. The molecule has 0 fully saturated rings. The molecule has 2 aromatic rings. The van der Waals surface area contributed by atoms with Crippen molar-refractivity contribution in [3.8, 4) is 0 Å². The van der Waals surface area contributed by atoms with Crippen molar-refractivity contribution in [1.29, 1.82) is 0 Å². The topological polar surface area (TPSA) is 0 Å². The van der Waals surface area contributed by atoms with Crippen molar-refractivity contribution in [1.82, 2.24) is 0 Å². The second-order valence-corrected chi connectivity index (χ2v) is 6.47. The Hall–Kier alpha value is -1.12. The molecule has 0 spiro atoms. The predicted octanol–water partition coefficient (Wildman–Crippen LogP) is 4.33. The van der Waals surface area contributed by atoms with Gasteiger partial charge in [-0.25, -0.2) is 0 Å². The van der Waals surface area contributed by atoms with Gasteiger partial charge < -0.3 is 0 Å². The van der Waals surface area contributed by atoms with Crippen LogP contribution < -0.4 is 0 Å². The third-order valence-electron chi connectivity index (χ3n) is 2.56. The first-order chi connectivity index (χ1) is 7.90. The first-order valence-electron chi connectivity index (χ1n) is 5.12. The lowest BCUT2D eigenvalue weighted by molar-refractivity contribution is 1.14. The molecule has 3 rings (SSSR count). The lowest BCUT2D eigenvalue weighted by Gasteiger charge is -2.15. The van der Waals surface area contributed by atoms with Gasteiger partial charge in [-0.2, -0.15) is 0 Å². The second kappa shape index (κ2) is 4.04. The van der Waals surface area contributed by atoms with Gasteiger partial charge in [0.15, 0.2) is 9.79 Å². The van der Waals surface area contributed by atoms with Gasteiger partial charge in [-0.3, -0.25) is 0 Å². The van der Waals surface area contributed by atoms with Crippen LogP contribution in [0.15, 0.2) is 80.1 Å². The van der Waals surface area contributed by atoms with Crippen LogP contribution in [0.2, 0.25) is 0 Å². The fourth-order valence-corrected chi connectivity index (χ4v) is 5.12. The average Bonchev–Trinajstić information content (AvgIpc) is 2.36. The number of benzene rings is 2. The Bertz CT molecular complexity index is 500. The van der Waals surface area contributed by atoms with E-state index in [0.717, 1.165) is 0 Å². The van der Waals surface area contributed by atoms with Crippen molar-refractivity contribution in [2.45, 2.75) is 19.6 Å². The second-order valence-electron chi connectivity index (χ2n) is 3.50. The summed E-state index contributed by atoms with van der Waals surface area (Å²) < 4.78 is 0. The minimum absolute atomic E-state index is 0.0416. The maximum atomic E-state index is 3.99. The Morgan fingerprint density at radius 2 is 1.38 bits per heavy atom. The zero-order valence-corrected chi connectivity index (χ0v) is 10.4. The van der Waals surface area contributed by atoms with Crippen LogP contribution in [0.3, 0.4) is 0 Å². The molecule has 0 nitrogen and oxygen atoms in total. The molecule has 2 aromatic carbocycles. The smallest absolute Gasteiger partial charge is 0.0795 e. The van der Waals surface area contributed by atoms with Gasteiger partial charge in [-0.1, -0.05) is 42.6 Å². The molecule has 1 aliphatic heterocycles. The summed E-state index contributed by atoms with van der Waals surface area (Å²) in [4.78, 5) is 5.54. The summed E-state index contributed by atoms with van der Waals surface area (Å²) >= 11 is 1.86. The van der Waals surface area contributed by atoms with Crippen molar-refractivity contribution >= 4 is 22.7 Å². The van der Waals surface area contributed by atoms with E-state index < -0.39 is 0 Å². The van der Waals surface area contributed by atoms with Crippen molar-refractivity contribution < 1.29 is 0 Å². The van der Waals surface area contributed by atoms with Crippen molar-refractivity contribution in [3.63, 3.8) is 0 Å². The average molecular weight is 243 g/mol. The van der Waals surface area contributed by atoms with Crippen molar-refractivity contribution in [3.05, 3.63) is 60.5 Å². The van der Waals surface area contributed by atoms with Gasteiger partial charge in [0.25, 0.3) is 0 Å². The minimum atomic E-state index is 0.0416. The van der Waals surface area contributed by atoms with Crippen LogP contribution in [0, 0.1) is 0 Å². The van der Waals surface area contributed by atoms with E-state index in [1.54, 1.807) is 0 Å². The Labute approximate surface area is 103 Å². The standard InChI is InChI=1S/C14H11S2/c1-2-16-13-9-5-3-7-11(13)15-12-8-4-6-10-14(12)16/h2-10H,1H2/q+1. The molecule has 0 amide bonds. The maximum absolute atomic E-state index is 3.99. The quantitative estimate of drug-likeness (QED) is 0.672. The number of hydrogen-bond acceptors (Lipinski definition) is 1. The first-order valence-corrected chi connectivity index (χ1v) is 7.22. The predicted molar refractivity (Wildman–Crippen MR) is 71.1 cm³/mol. The van der Waals surface area contributed by atoms with E-state index >= 15 is 0 Å². The lowest BCUT2D eigenvalue weighted by Crippen LogP contribution is -2.06. The molecule has 16 heavy (non-hydrogen) atoms. The van der Waals surface area contributed by atoms with Gasteiger partial charge in [0.1, 0.15) is 5.41 Å². The Morgan fingerprint density at radius 3 is 1.88 bits per heavy atom. The molecule has 0 unspecified atom stereocenters. The van der Waals surface area contributed by atoms with Crippen LogP contribution in [-0.2, 0) is 10.9 Å². The van der Waals surface area contributed by atoms with Crippen LogP contribution in [0.1, 0.15) is 0 Å². The highest BCUT2D eigenvalue weighted by Crippen LogP contribution is 2.45. The van der Waals surface area contributed by atoms with E-state index in [2.05, 4.69) is 60.5 Å². The molecule has 1 aliphatic rings. The Balaban J connectivity index is 2.23. The van der Waals surface area contributed by atoms with E-state index in [1.165, 1.54) is 19.6 Å². The number of fused-ring (bicyclic) bond motifs is 2. The van der Waals surface area contributed by atoms with E-state index in [0.29, 0.717) is 0 Å². The van der Waals surface area contributed by atoms with Crippen LogP contribution in [0.5, 0.6) is 0 Å². The molecular weight excluding hydrogens is 232 g/mol. The molecule has 0 N–H and O–H groups in total. The summed E-state index contributed by atoms with van der Waals surface area (Å²) in [5.41, 5.74) is 0. The largest absolute Gasteiger partial charge is 0.179 e. The Morgan fingerprint density at radius 1 is 0.875 bits per heavy atom. The van der Waals surface area contributed by atoms with Gasteiger partial charge >= 0.3 is 0 Å². The fourth-order valence-electron chi connectivity index (χ4n) is 1.85. The van der Waals surface area contributed by atoms with E-state index in [-0.39, 0.29) is 10.9 Å². The maximum Gasteiger partial charge on any atom is 0.179 e. The van der Waals surface area contributed by atoms with Crippen molar-refractivity contribution in [2.75, 3.05) is 0 Å². The Kier molecular flexibility index (Phi) is 2.54. The van der Waals surface area contributed by atoms with E-state index in [1.807, 2.05) is 11.8 Å². The third-order valence-corrected chi connectivity index (χ3v) is 5.96. The zero-order chi connectivity index (χ0) is 11.0. The molecule has 1 heterocycles. The van der Waals surface area contributed by atoms with Gasteiger partial charge in [0, 0.05) is 0 Å². The number of hydrogen-bond donors (Lipinski definition) is 0. The highest BCUT2D eigenvalue weighted by atomic mass is 32.2. The van der Waals surface area contributed by atoms with Crippen LogP contribution in [0.4, 0.5) is 0 Å². The molecule has 2 heteroatoms. The summed E-state index contributed by atoms with van der Waals surface area (Å²) in [5.74, 6) is 0. The molecule has 0 aliphatic carbocycles. The highest BCUT2D eigenvalue weighted by molar-refractivity contribution is 8.05. The van der Waals surface area contributed by atoms with E-state index in [4.69, 9.17) is 0 Å². The number of rotatable bonds is 1. The highest BCUT2D eigenvalue weighted by Gasteiger charge is 2.33. The monoisotopic (exact) mass is 243 g/mol. The summed E-state index contributed by atoms with van der Waals surface area (Å²) in [7, 11) is 0.0416. The van der Waals surface area contributed by atoms with Gasteiger partial charge in [0.2, 0.25) is 0 Å². The summed E-state index contributed by atoms with van der Waals surface area (Å²) in [6.45, 7) is 3.99. The van der Waals surface area contributed by atoms with Gasteiger partial charge in [-0.05, 0) is 24.3 Å². The molecule has 0 bridgehead atoms.